The number of rotatable bonds is 10. The Hall–Kier alpha value is -4.91. The smallest absolute Gasteiger partial charge is 0.412 e. The van der Waals surface area contributed by atoms with E-state index in [1.807, 2.05) is 6.07 Å². The van der Waals surface area contributed by atoms with Crippen molar-refractivity contribution in [3.63, 3.8) is 0 Å². The van der Waals surface area contributed by atoms with Gasteiger partial charge in [0, 0.05) is 12.5 Å². The lowest BCUT2D eigenvalue weighted by molar-refractivity contribution is -0.124. The zero-order valence-corrected chi connectivity index (χ0v) is 22.6. The molecular formula is C28H29FN6O6. The highest BCUT2D eigenvalue weighted by molar-refractivity contribution is 5.84. The van der Waals surface area contributed by atoms with E-state index >= 15 is 0 Å². The normalized spacial score (nSPS) is 12.5. The van der Waals surface area contributed by atoms with Crippen molar-refractivity contribution in [3.8, 4) is 11.4 Å². The fourth-order valence-electron chi connectivity index (χ4n) is 3.99. The fraction of sp³-hybridized carbons (Fsp3) is 0.286. The summed E-state index contributed by atoms with van der Waals surface area (Å²) in [5, 5.41) is 23.4. The molecule has 214 valence electrons. The molecule has 2 atom stereocenters. The molecule has 0 aliphatic carbocycles. The van der Waals surface area contributed by atoms with Gasteiger partial charge in [0.1, 0.15) is 30.5 Å². The number of aliphatic hydroxyl groups is 1. The summed E-state index contributed by atoms with van der Waals surface area (Å²) >= 11 is 0. The van der Waals surface area contributed by atoms with Crippen LogP contribution in [0, 0.1) is 18.7 Å². The van der Waals surface area contributed by atoms with Crippen LogP contribution in [0.3, 0.4) is 0 Å². The number of hydrogen-bond donors (Lipinski definition) is 3. The standard InChI is InChI=1S/C28H29FN6O6/c1-16(2)23(24(37)26-34-33-17(3)41-26)32-22(36)14-35-25(19-9-11-20(29)12-10-19)30-13-21(27(35)38)31-28(39)40-15-18-7-5-4-6-8-18/h4-13,16,23-24,37H,14-15H2,1-3H3,(H,31,39)(H,32,36)/t23-,24?/m0/s1. The summed E-state index contributed by atoms with van der Waals surface area (Å²) in [5.41, 5.74) is 0.124. The van der Waals surface area contributed by atoms with Crippen LogP contribution < -0.4 is 16.2 Å². The zero-order chi connectivity index (χ0) is 29.5. The van der Waals surface area contributed by atoms with Crippen LogP contribution in [0.2, 0.25) is 0 Å². The van der Waals surface area contributed by atoms with Gasteiger partial charge in [0.15, 0.2) is 6.10 Å². The van der Waals surface area contributed by atoms with Crippen LogP contribution in [0.1, 0.15) is 37.3 Å². The van der Waals surface area contributed by atoms with Crippen LogP contribution in [-0.2, 0) is 22.7 Å². The Bertz CT molecular complexity index is 1550. The van der Waals surface area contributed by atoms with Gasteiger partial charge in [0.2, 0.25) is 17.7 Å². The van der Waals surface area contributed by atoms with Gasteiger partial charge in [-0.2, -0.15) is 0 Å². The van der Waals surface area contributed by atoms with E-state index in [0.717, 1.165) is 16.3 Å². The van der Waals surface area contributed by atoms with Crippen LogP contribution in [0.25, 0.3) is 11.4 Å². The quantitative estimate of drug-likeness (QED) is 0.262. The van der Waals surface area contributed by atoms with Crippen molar-refractivity contribution >= 4 is 17.7 Å². The average Bonchev–Trinajstić information content (AvgIpc) is 3.39. The summed E-state index contributed by atoms with van der Waals surface area (Å²) in [6.45, 7) is 4.57. The van der Waals surface area contributed by atoms with E-state index in [0.29, 0.717) is 5.56 Å². The summed E-state index contributed by atoms with van der Waals surface area (Å²) in [7, 11) is 0. The molecule has 12 nitrogen and oxygen atoms in total. The summed E-state index contributed by atoms with van der Waals surface area (Å²) in [4.78, 5) is 43.4. The number of amides is 2. The number of ether oxygens (including phenoxy) is 1. The third kappa shape index (κ3) is 7.39. The molecule has 2 aromatic carbocycles. The number of benzene rings is 2. The van der Waals surface area contributed by atoms with Crippen LogP contribution in [-0.4, -0.2) is 42.9 Å². The van der Waals surface area contributed by atoms with Crippen molar-refractivity contribution in [2.24, 2.45) is 5.92 Å². The number of anilines is 1. The first-order chi connectivity index (χ1) is 19.6. The molecule has 2 aromatic heterocycles. The molecule has 2 amide bonds. The van der Waals surface area contributed by atoms with Gasteiger partial charge < -0.3 is 19.6 Å². The summed E-state index contributed by atoms with van der Waals surface area (Å²) < 4.78 is 25.1. The molecule has 0 spiro atoms. The lowest BCUT2D eigenvalue weighted by atomic mass is 9.98. The van der Waals surface area contributed by atoms with Crippen molar-refractivity contribution < 1.29 is 28.2 Å². The van der Waals surface area contributed by atoms with Crippen molar-refractivity contribution in [1.29, 1.82) is 0 Å². The van der Waals surface area contributed by atoms with E-state index in [1.54, 1.807) is 45.0 Å². The Labute approximate surface area is 234 Å². The van der Waals surface area contributed by atoms with Crippen molar-refractivity contribution in [2.45, 2.75) is 46.1 Å². The summed E-state index contributed by atoms with van der Waals surface area (Å²) in [6.07, 6.45) is -1.06. The predicted molar refractivity (Wildman–Crippen MR) is 145 cm³/mol. The molecule has 41 heavy (non-hydrogen) atoms. The third-order valence-electron chi connectivity index (χ3n) is 6.08. The van der Waals surface area contributed by atoms with Gasteiger partial charge in [0.25, 0.3) is 5.56 Å². The Kier molecular flexibility index (Phi) is 9.19. The second-order valence-electron chi connectivity index (χ2n) is 9.52. The van der Waals surface area contributed by atoms with Crippen molar-refractivity contribution in [1.82, 2.24) is 25.1 Å². The third-order valence-corrected chi connectivity index (χ3v) is 6.08. The first-order valence-electron chi connectivity index (χ1n) is 12.7. The first kappa shape index (κ1) is 29.1. The van der Waals surface area contributed by atoms with E-state index in [4.69, 9.17) is 9.15 Å². The summed E-state index contributed by atoms with van der Waals surface area (Å²) in [5.74, 6) is -1.16. The molecule has 4 rings (SSSR count). The van der Waals surface area contributed by atoms with E-state index < -0.39 is 42.1 Å². The van der Waals surface area contributed by atoms with Crippen LogP contribution in [0.15, 0.2) is 70.0 Å². The van der Waals surface area contributed by atoms with E-state index in [-0.39, 0.29) is 35.8 Å². The minimum absolute atomic E-state index is 0.0250. The van der Waals surface area contributed by atoms with Crippen molar-refractivity contribution in [2.75, 3.05) is 5.32 Å². The number of nitrogens with zero attached hydrogens (tertiary/aromatic N) is 4. The second-order valence-corrected chi connectivity index (χ2v) is 9.52. The molecule has 0 saturated carbocycles. The number of aromatic nitrogens is 4. The van der Waals surface area contributed by atoms with Gasteiger partial charge >= 0.3 is 6.09 Å². The monoisotopic (exact) mass is 564 g/mol. The molecule has 2 heterocycles. The predicted octanol–water partition coefficient (Wildman–Crippen LogP) is 3.36. The molecule has 4 aromatic rings. The van der Waals surface area contributed by atoms with E-state index in [1.165, 1.54) is 24.3 Å². The number of aliphatic hydroxyl groups excluding tert-OH is 1. The van der Waals surface area contributed by atoms with Crippen LogP contribution in [0.5, 0.6) is 0 Å². The molecule has 0 bridgehead atoms. The number of carbonyl (C=O) groups excluding carboxylic acids is 2. The maximum Gasteiger partial charge on any atom is 0.412 e. The van der Waals surface area contributed by atoms with Crippen LogP contribution >= 0.6 is 0 Å². The van der Waals surface area contributed by atoms with Gasteiger partial charge in [-0.25, -0.2) is 14.2 Å². The SMILES string of the molecule is Cc1nnc(C(O)[C@@H](NC(=O)Cn2c(-c3ccc(F)cc3)ncc(NC(=O)OCc3ccccc3)c2=O)C(C)C)o1. The molecule has 13 heteroatoms. The lowest BCUT2D eigenvalue weighted by Gasteiger charge is -2.25. The van der Waals surface area contributed by atoms with Gasteiger partial charge in [0.05, 0.1) is 12.2 Å². The minimum Gasteiger partial charge on any atom is -0.444 e. The molecule has 0 saturated heterocycles. The number of nitrogens with one attached hydrogen (secondary N) is 2. The molecule has 0 radical (unpaired) electrons. The summed E-state index contributed by atoms with van der Waals surface area (Å²) in [6, 6.07) is 13.3. The highest BCUT2D eigenvalue weighted by Crippen LogP contribution is 2.22. The first-order valence-corrected chi connectivity index (χ1v) is 12.7. The topological polar surface area (TPSA) is 161 Å². The van der Waals surface area contributed by atoms with Crippen molar-refractivity contribution in [3.05, 3.63) is 94.3 Å². The zero-order valence-electron chi connectivity index (χ0n) is 22.6. The molecule has 0 aliphatic rings. The highest BCUT2D eigenvalue weighted by atomic mass is 19.1. The average molecular weight is 565 g/mol. The van der Waals surface area contributed by atoms with E-state index in [2.05, 4.69) is 25.8 Å². The number of hydrogen-bond acceptors (Lipinski definition) is 9. The van der Waals surface area contributed by atoms with Gasteiger partial charge in [-0.3, -0.25) is 19.5 Å². The van der Waals surface area contributed by atoms with E-state index in [9.17, 15) is 23.9 Å². The maximum absolute atomic E-state index is 13.6. The number of aryl methyl sites for hydroxylation is 1. The largest absolute Gasteiger partial charge is 0.444 e. The highest BCUT2D eigenvalue weighted by Gasteiger charge is 2.30. The van der Waals surface area contributed by atoms with Gasteiger partial charge in [-0.15, -0.1) is 10.2 Å². The Morgan fingerprint density at radius 1 is 1.10 bits per heavy atom. The number of carbonyl (C=O) groups is 2. The fourth-order valence-corrected chi connectivity index (χ4v) is 3.99. The maximum atomic E-state index is 13.6. The Balaban J connectivity index is 1.58. The molecule has 0 aliphatic heterocycles. The molecule has 0 fully saturated rings. The lowest BCUT2D eigenvalue weighted by Crippen LogP contribution is -2.45. The van der Waals surface area contributed by atoms with Gasteiger partial charge in [-0.05, 0) is 35.7 Å². The Morgan fingerprint density at radius 3 is 2.44 bits per heavy atom. The molecule has 3 N–H and O–H groups in total. The Morgan fingerprint density at radius 2 is 1.80 bits per heavy atom. The number of halogens is 1. The minimum atomic E-state index is -1.31. The van der Waals surface area contributed by atoms with Gasteiger partial charge in [-0.1, -0.05) is 44.2 Å². The van der Waals surface area contributed by atoms with Crippen LogP contribution in [0.4, 0.5) is 14.9 Å². The second kappa shape index (κ2) is 13.0. The molecule has 1 unspecified atom stereocenters. The molecular weight excluding hydrogens is 535 g/mol.